The molecule has 4 aromatic rings. The summed E-state index contributed by atoms with van der Waals surface area (Å²) >= 11 is 1.61. The number of carbonyl (C=O) groups is 2. The Labute approximate surface area is 226 Å². The number of nitrogens with zero attached hydrogens (tertiary/aromatic N) is 5. The first-order valence-electron chi connectivity index (χ1n) is 12.8. The van der Waals surface area contributed by atoms with Crippen molar-refractivity contribution in [2.75, 3.05) is 25.4 Å². The lowest BCUT2D eigenvalue weighted by Gasteiger charge is -2.39. The highest BCUT2D eigenvalue weighted by Gasteiger charge is 2.31. The Morgan fingerprint density at radius 1 is 1.03 bits per heavy atom. The Bertz CT molecular complexity index is 1390. The number of hydrogen-bond donors (Lipinski definition) is 0. The van der Waals surface area contributed by atoms with Crippen LogP contribution in [0.1, 0.15) is 35.9 Å². The highest BCUT2D eigenvalue weighted by Crippen LogP contribution is 2.29. The van der Waals surface area contributed by atoms with Crippen LogP contribution in [-0.2, 0) is 4.79 Å². The molecule has 0 N–H and O–H groups in total. The largest absolute Gasteiger partial charge is 0.459 e. The predicted octanol–water partition coefficient (Wildman–Crippen LogP) is 5.08. The Morgan fingerprint density at radius 3 is 2.61 bits per heavy atom. The number of rotatable bonds is 8. The number of hydrogen-bond acceptors (Lipinski definition) is 6. The third kappa shape index (κ3) is 5.67. The molecule has 0 radical (unpaired) electrons. The van der Waals surface area contributed by atoms with Crippen molar-refractivity contribution in [3.05, 3.63) is 84.3 Å². The van der Waals surface area contributed by atoms with E-state index in [0.717, 1.165) is 40.0 Å². The number of carbonyl (C=O) groups excluding carboxylic acids is 2. The number of benzene rings is 2. The molecule has 8 nitrogen and oxygen atoms in total. The van der Waals surface area contributed by atoms with Crippen LogP contribution >= 0.6 is 11.8 Å². The van der Waals surface area contributed by atoms with Crippen molar-refractivity contribution in [1.29, 1.82) is 0 Å². The van der Waals surface area contributed by atoms with Gasteiger partial charge in [-0.1, -0.05) is 54.2 Å². The second-order valence-corrected chi connectivity index (χ2v) is 10.5. The van der Waals surface area contributed by atoms with Gasteiger partial charge in [-0.25, -0.2) is 0 Å². The average molecular weight is 530 g/mol. The van der Waals surface area contributed by atoms with E-state index in [9.17, 15) is 9.59 Å². The summed E-state index contributed by atoms with van der Waals surface area (Å²) in [6.07, 6.45) is 2.68. The van der Waals surface area contributed by atoms with Gasteiger partial charge in [-0.05, 0) is 50.1 Å². The van der Waals surface area contributed by atoms with Crippen molar-refractivity contribution in [3.63, 3.8) is 0 Å². The zero-order chi connectivity index (χ0) is 26.5. The Kier molecular flexibility index (Phi) is 7.93. The van der Waals surface area contributed by atoms with E-state index >= 15 is 0 Å². The number of thioether (sulfide) groups is 1. The fourth-order valence-corrected chi connectivity index (χ4v) is 5.60. The number of aromatic nitrogens is 3. The maximum absolute atomic E-state index is 12.9. The van der Waals surface area contributed by atoms with E-state index < -0.39 is 0 Å². The number of aryl methyl sites for hydroxylation is 1. The van der Waals surface area contributed by atoms with E-state index in [2.05, 4.69) is 39.9 Å². The summed E-state index contributed by atoms with van der Waals surface area (Å²) in [6.45, 7) is 5.61. The molecule has 0 spiro atoms. The molecule has 0 saturated carbocycles. The quantitative estimate of drug-likeness (QED) is 0.234. The summed E-state index contributed by atoms with van der Waals surface area (Å²) in [5.74, 6) is 1.87. The predicted molar refractivity (Wildman–Crippen MR) is 147 cm³/mol. The summed E-state index contributed by atoms with van der Waals surface area (Å²) in [5.41, 5.74) is 3.18. The first-order chi connectivity index (χ1) is 18.5. The third-order valence-electron chi connectivity index (χ3n) is 6.66. The van der Waals surface area contributed by atoms with Gasteiger partial charge in [-0.3, -0.25) is 14.2 Å². The van der Waals surface area contributed by atoms with Crippen LogP contribution in [0.4, 0.5) is 0 Å². The van der Waals surface area contributed by atoms with Gasteiger partial charge >= 0.3 is 0 Å². The molecule has 5 rings (SSSR count). The van der Waals surface area contributed by atoms with Crippen LogP contribution in [0.15, 0.2) is 82.6 Å². The van der Waals surface area contributed by atoms with Gasteiger partial charge in [0.25, 0.3) is 5.91 Å². The van der Waals surface area contributed by atoms with E-state index in [1.807, 2.05) is 48.2 Å². The SMILES string of the molecule is Cc1cccc(-n2c(SCCCC(=O)N3CCN(C(=O)c4ccco4)C(C)C3)nnc2-c2ccccc2)c1. The topological polar surface area (TPSA) is 84.5 Å². The lowest BCUT2D eigenvalue weighted by atomic mass is 10.1. The molecule has 3 heterocycles. The van der Waals surface area contributed by atoms with Gasteiger partial charge in [0.05, 0.1) is 6.26 Å². The highest BCUT2D eigenvalue weighted by atomic mass is 32.2. The number of furan rings is 1. The number of piperazine rings is 1. The van der Waals surface area contributed by atoms with Gasteiger partial charge in [0.15, 0.2) is 16.7 Å². The fourth-order valence-electron chi connectivity index (χ4n) is 4.71. The molecule has 9 heteroatoms. The smallest absolute Gasteiger partial charge is 0.289 e. The lowest BCUT2D eigenvalue weighted by molar-refractivity contribution is -0.133. The van der Waals surface area contributed by atoms with Crippen LogP contribution in [0.3, 0.4) is 0 Å². The first kappa shape index (κ1) is 25.8. The summed E-state index contributed by atoms with van der Waals surface area (Å²) in [5, 5.41) is 9.81. The standard InChI is InChI=1S/C29H31N5O3S/c1-21-9-6-12-24(19-21)34-27(23-10-4-3-5-11-23)30-31-29(34)38-18-8-14-26(35)32-15-16-33(22(2)20-32)28(36)25-13-7-17-37-25/h3-7,9-13,17,19,22H,8,14-16,18,20H2,1-2H3. The second-order valence-electron chi connectivity index (χ2n) is 9.46. The zero-order valence-electron chi connectivity index (χ0n) is 21.6. The fraction of sp³-hybridized carbons (Fsp3) is 0.310. The lowest BCUT2D eigenvalue weighted by Crippen LogP contribution is -2.55. The van der Waals surface area contributed by atoms with Gasteiger partial charge in [0.2, 0.25) is 5.91 Å². The van der Waals surface area contributed by atoms with Gasteiger partial charge in [0.1, 0.15) is 0 Å². The molecule has 1 atom stereocenters. The van der Waals surface area contributed by atoms with Crippen molar-refractivity contribution < 1.29 is 14.0 Å². The van der Waals surface area contributed by atoms with Crippen LogP contribution in [0.2, 0.25) is 0 Å². The van der Waals surface area contributed by atoms with Crippen LogP contribution in [0, 0.1) is 6.92 Å². The molecule has 2 aromatic heterocycles. The van der Waals surface area contributed by atoms with E-state index in [-0.39, 0.29) is 17.9 Å². The molecular weight excluding hydrogens is 498 g/mol. The molecule has 0 aliphatic carbocycles. The summed E-state index contributed by atoms with van der Waals surface area (Å²) in [6, 6.07) is 21.7. The second kappa shape index (κ2) is 11.7. The maximum atomic E-state index is 12.9. The first-order valence-corrected chi connectivity index (χ1v) is 13.8. The summed E-state index contributed by atoms with van der Waals surface area (Å²) in [7, 11) is 0. The molecule has 1 aliphatic heterocycles. The van der Waals surface area contributed by atoms with Crippen molar-refractivity contribution in [1.82, 2.24) is 24.6 Å². The van der Waals surface area contributed by atoms with E-state index in [4.69, 9.17) is 4.42 Å². The Morgan fingerprint density at radius 2 is 1.87 bits per heavy atom. The summed E-state index contributed by atoms with van der Waals surface area (Å²) in [4.78, 5) is 29.2. The molecule has 1 fully saturated rings. The van der Waals surface area contributed by atoms with Gasteiger partial charge in [-0.15, -0.1) is 10.2 Å². The molecule has 2 aromatic carbocycles. The molecule has 1 saturated heterocycles. The molecular formula is C29H31N5O3S. The van der Waals surface area contributed by atoms with Crippen molar-refractivity contribution >= 4 is 23.6 Å². The van der Waals surface area contributed by atoms with E-state index in [1.54, 1.807) is 28.8 Å². The van der Waals surface area contributed by atoms with E-state index in [1.165, 1.54) is 6.26 Å². The van der Waals surface area contributed by atoms with Crippen molar-refractivity contribution in [3.8, 4) is 17.1 Å². The normalized spacial score (nSPS) is 15.6. The van der Waals surface area contributed by atoms with Crippen LogP contribution in [0.5, 0.6) is 0 Å². The van der Waals surface area contributed by atoms with E-state index in [0.29, 0.717) is 31.8 Å². The van der Waals surface area contributed by atoms with Gasteiger partial charge in [0, 0.05) is 49.1 Å². The van der Waals surface area contributed by atoms with Crippen LogP contribution < -0.4 is 0 Å². The van der Waals surface area contributed by atoms with Crippen LogP contribution in [0.25, 0.3) is 17.1 Å². The minimum atomic E-state index is -0.126. The van der Waals surface area contributed by atoms with Gasteiger partial charge < -0.3 is 14.2 Å². The Hall–Kier alpha value is -3.85. The van der Waals surface area contributed by atoms with Crippen molar-refractivity contribution in [2.24, 2.45) is 0 Å². The maximum Gasteiger partial charge on any atom is 0.289 e. The van der Waals surface area contributed by atoms with Gasteiger partial charge in [-0.2, -0.15) is 0 Å². The van der Waals surface area contributed by atoms with Crippen LogP contribution in [-0.4, -0.2) is 67.8 Å². The molecule has 0 bridgehead atoms. The molecule has 1 unspecified atom stereocenters. The minimum Gasteiger partial charge on any atom is -0.459 e. The highest BCUT2D eigenvalue weighted by molar-refractivity contribution is 7.99. The molecule has 38 heavy (non-hydrogen) atoms. The minimum absolute atomic E-state index is 0.0658. The third-order valence-corrected chi connectivity index (χ3v) is 7.68. The average Bonchev–Trinajstić information content (AvgIpc) is 3.62. The summed E-state index contributed by atoms with van der Waals surface area (Å²) < 4.78 is 7.35. The number of amides is 2. The molecule has 1 aliphatic rings. The van der Waals surface area contributed by atoms with Crippen molar-refractivity contribution in [2.45, 2.75) is 37.9 Å². The molecule has 2 amide bonds. The Balaban J connectivity index is 1.18. The monoisotopic (exact) mass is 529 g/mol. The zero-order valence-corrected chi connectivity index (χ0v) is 22.4. The molecule has 196 valence electrons.